The summed E-state index contributed by atoms with van der Waals surface area (Å²) in [6.07, 6.45) is -4.50. The van der Waals surface area contributed by atoms with Crippen molar-refractivity contribution in [1.29, 1.82) is 0 Å². The Labute approximate surface area is 207 Å². The van der Waals surface area contributed by atoms with E-state index in [0.29, 0.717) is 16.3 Å². The first-order chi connectivity index (χ1) is 17.0. The second-order valence-corrected chi connectivity index (χ2v) is 9.50. The first kappa shape index (κ1) is 25.4. The molecule has 0 unspecified atom stereocenters. The Morgan fingerprint density at radius 3 is 2.42 bits per heavy atom. The number of aromatic nitrogens is 3. The van der Waals surface area contributed by atoms with Gasteiger partial charge in [-0.25, -0.2) is 13.9 Å². The van der Waals surface area contributed by atoms with E-state index in [4.69, 9.17) is 0 Å². The first-order valence-corrected chi connectivity index (χ1v) is 11.8. The lowest BCUT2D eigenvalue weighted by Gasteiger charge is -2.14. The molecule has 6 nitrogen and oxygen atoms in total. The lowest BCUT2D eigenvalue weighted by Crippen LogP contribution is -2.33. The number of hydrogen-bond donors (Lipinski definition) is 1. The summed E-state index contributed by atoms with van der Waals surface area (Å²) in [6, 6.07) is 13.5. The van der Waals surface area contributed by atoms with E-state index in [1.54, 1.807) is 24.3 Å². The molecule has 0 aliphatic rings. The third-order valence-electron chi connectivity index (χ3n) is 5.69. The number of benzene rings is 2. The number of thiophene rings is 1. The van der Waals surface area contributed by atoms with Crippen molar-refractivity contribution in [2.45, 2.75) is 39.7 Å². The topological polar surface area (TPSA) is 68.9 Å². The molecule has 0 spiro atoms. The molecule has 2 aromatic heterocycles. The second kappa shape index (κ2) is 10.1. The molecule has 0 bridgehead atoms. The van der Waals surface area contributed by atoms with E-state index < -0.39 is 35.7 Å². The Morgan fingerprint density at radius 1 is 1.03 bits per heavy atom. The number of nitrogens with zero attached hydrogens (tertiary/aromatic N) is 3. The maximum Gasteiger partial charge on any atom is 0.416 e. The number of rotatable bonds is 7. The number of halogens is 4. The van der Waals surface area contributed by atoms with Gasteiger partial charge in [-0.2, -0.15) is 13.2 Å². The highest BCUT2D eigenvalue weighted by atomic mass is 32.1. The van der Waals surface area contributed by atoms with Crippen LogP contribution in [0.15, 0.2) is 59.4 Å². The van der Waals surface area contributed by atoms with Crippen molar-refractivity contribution < 1.29 is 22.4 Å². The van der Waals surface area contributed by atoms with Crippen LogP contribution >= 0.6 is 11.3 Å². The predicted octanol–water partition coefficient (Wildman–Crippen LogP) is 4.91. The van der Waals surface area contributed by atoms with Crippen molar-refractivity contribution in [2.75, 3.05) is 0 Å². The molecule has 1 amide bonds. The molecular formula is C25H22F4N4O2S. The summed E-state index contributed by atoms with van der Waals surface area (Å²) in [4.78, 5) is 27.4. The molecular weight excluding hydrogens is 496 g/mol. The van der Waals surface area contributed by atoms with Gasteiger partial charge in [-0.15, -0.1) is 16.4 Å². The zero-order chi connectivity index (χ0) is 26.0. The minimum Gasteiger partial charge on any atom is -0.350 e. The molecule has 188 valence electrons. The van der Waals surface area contributed by atoms with Crippen LogP contribution in [-0.2, 0) is 30.6 Å². The Morgan fingerprint density at radius 2 is 1.75 bits per heavy atom. The van der Waals surface area contributed by atoms with E-state index in [1.165, 1.54) is 41.0 Å². The van der Waals surface area contributed by atoms with Crippen molar-refractivity contribution in [1.82, 2.24) is 19.7 Å². The fourth-order valence-electron chi connectivity index (χ4n) is 3.79. The smallest absolute Gasteiger partial charge is 0.350 e. The van der Waals surface area contributed by atoms with E-state index >= 15 is 0 Å². The van der Waals surface area contributed by atoms with Gasteiger partial charge in [0.15, 0.2) is 5.82 Å². The van der Waals surface area contributed by atoms with Crippen LogP contribution in [0, 0.1) is 19.7 Å². The largest absolute Gasteiger partial charge is 0.416 e. The molecule has 0 saturated heterocycles. The van der Waals surface area contributed by atoms with Crippen molar-refractivity contribution in [3.05, 3.63) is 98.0 Å². The maximum absolute atomic E-state index is 14.3. The van der Waals surface area contributed by atoms with Gasteiger partial charge in [0.05, 0.1) is 17.0 Å². The minimum absolute atomic E-state index is 0.0204. The fourth-order valence-corrected chi connectivity index (χ4v) is 4.65. The van der Waals surface area contributed by atoms with Crippen molar-refractivity contribution in [3.8, 4) is 10.7 Å². The summed E-state index contributed by atoms with van der Waals surface area (Å²) in [7, 11) is 0. The lowest BCUT2D eigenvalue weighted by atomic mass is 10.0. The molecule has 4 aromatic rings. The molecule has 11 heteroatoms. The number of amides is 1. The molecule has 0 aliphatic carbocycles. The Bertz CT molecular complexity index is 1470. The number of carbonyl (C=O) groups is 1. The van der Waals surface area contributed by atoms with Crippen LogP contribution in [0.2, 0.25) is 0 Å². The summed E-state index contributed by atoms with van der Waals surface area (Å²) in [5, 5.41) is 6.88. The molecule has 0 radical (unpaired) electrons. The van der Waals surface area contributed by atoms with Crippen LogP contribution in [0.1, 0.15) is 27.1 Å². The molecule has 36 heavy (non-hydrogen) atoms. The summed E-state index contributed by atoms with van der Waals surface area (Å²) in [6.45, 7) is 2.57. The van der Waals surface area contributed by atoms with Gasteiger partial charge < -0.3 is 5.32 Å². The average Bonchev–Trinajstić information content (AvgIpc) is 3.37. The molecule has 4 rings (SSSR count). The fraction of sp³-hybridized carbons (Fsp3) is 0.240. The SMILES string of the molecule is Cc1ccc(-c2nn(CC(=O)NCc3cccc(C(F)(F)F)c3C)c(=O)n2Cc2ccccc2F)s1. The molecule has 0 aliphatic heterocycles. The zero-order valence-corrected chi connectivity index (χ0v) is 20.2. The number of hydrogen-bond acceptors (Lipinski definition) is 4. The highest BCUT2D eigenvalue weighted by molar-refractivity contribution is 7.15. The second-order valence-electron chi connectivity index (χ2n) is 8.22. The standard InChI is InChI=1S/C25H22F4N4O2S/c1-15-10-11-21(36-15)23-31-33(24(35)32(23)13-18-6-3-4-9-20(18)26)14-22(34)30-12-17-7-5-8-19(16(17)2)25(27,28)29/h3-11H,12-14H2,1-2H3,(H,30,34). The van der Waals surface area contributed by atoms with Crippen LogP contribution in [0.3, 0.4) is 0 Å². The van der Waals surface area contributed by atoms with Crippen molar-refractivity contribution in [3.63, 3.8) is 0 Å². The van der Waals surface area contributed by atoms with E-state index in [1.807, 2.05) is 13.0 Å². The van der Waals surface area contributed by atoms with Gasteiger partial charge in [-0.3, -0.25) is 9.36 Å². The van der Waals surface area contributed by atoms with Crippen molar-refractivity contribution in [2.24, 2.45) is 0 Å². The van der Waals surface area contributed by atoms with Crippen LogP contribution in [-0.4, -0.2) is 20.3 Å². The van der Waals surface area contributed by atoms with Gasteiger partial charge in [0.25, 0.3) is 0 Å². The summed E-state index contributed by atoms with van der Waals surface area (Å²) in [5.74, 6) is -0.777. The van der Waals surface area contributed by atoms with Gasteiger partial charge in [0, 0.05) is 17.0 Å². The quantitative estimate of drug-likeness (QED) is 0.354. The first-order valence-electron chi connectivity index (χ1n) is 10.9. The molecule has 1 N–H and O–H groups in total. The monoisotopic (exact) mass is 518 g/mol. The van der Waals surface area contributed by atoms with Crippen molar-refractivity contribution >= 4 is 17.2 Å². The Kier molecular flexibility index (Phi) is 7.11. The van der Waals surface area contributed by atoms with Gasteiger partial charge in [0.1, 0.15) is 12.4 Å². The molecule has 2 aromatic carbocycles. The van der Waals surface area contributed by atoms with Crippen LogP contribution < -0.4 is 11.0 Å². The number of alkyl halides is 3. The Balaban J connectivity index is 1.57. The molecule has 0 atom stereocenters. The predicted molar refractivity (Wildman–Crippen MR) is 128 cm³/mol. The summed E-state index contributed by atoms with van der Waals surface area (Å²) >= 11 is 1.40. The van der Waals surface area contributed by atoms with Gasteiger partial charge in [0.2, 0.25) is 5.91 Å². The zero-order valence-electron chi connectivity index (χ0n) is 19.4. The van der Waals surface area contributed by atoms with Gasteiger partial charge in [-0.05, 0) is 49.2 Å². The van der Waals surface area contributed by atoms with Crippen LogP contribution in [0.25, 0.3) is 10.7 Å². The van der Waals surface area contributed by atoms with E-state index in [0.717, 1.165) is 15.6 Å². The molecule has 0 fully saturated rings. The van der Waals surface area contributed by atoms with E-state index in [2.05, 4.69) is 10.4 Å². The average molecular weight is 519 g/mol. The maximum atomic E-state index is 14.3. The Hall–Kier alpha value is -3.73. The highest BCUT2D eigenvalue weighted by Crippen LogP contribution is 2.33. The third kappa shape index (κ3) is 5.40. The lowest BCUT2D eigenvalue weighted by molar-refractivity contribution is -0.138. The number of aryl methyl sites for hydroxylation is 1. The van der Waals surface area contributed by atoms with Gasteiger partial charge in [-0.1, -0.05) is 30.3 Å². The number of nitrogens with one attached hydrogen (secondary N) is 1. The highest BCUT2D eigenvalue weighted by Gasteiger charge is 2.32. The van der Waals surface area contributed by atoms with Gasteiger partial charge >= 0.3 is 11.9 Å². The summed E-state index contributed by atoms with van der Waals surface area (Å²) < 4.78 is 56.0. The third-order valence-corrected chi connectivity index (χ3v) is 6.69. The summed E-state index contributed by atoms with van der Waals surface area (Å²) in [5.41, 5.74) is -0.756. The van der Waals surface area contributed by atoms with E-state index in [-0.39, 0.29) is 24.2 Å². The van der Waals surface area contributed by atoms with E-state index in [9.17, 15) is 27.2 Å². The molecule has 2 heterocycles. The molecule has 0 saturated carbocycles. The minimum atomic E-state index is -4.50. The van der Waals surface area contributed by atoms with Crippen LogP contribution in [0.4, 0.5) is 17.6 Å². The normalized spacial score (nSPS) is 11.6. The van der Waals surface area contributed by atoms with Crippen LogP contribution in [0.5, 0.6) is 0 Å². The number of carbonyl (C=O) groups excluding carboxylic acids is 1.